The SMILES string of the molecule is CC(C)(C)c1cccc(N(c2cccc(C(C)(C)C)c2)c2cc3c4c(c2)N(c2cccc(C(C)(C)C)c2)c2cc(C(C)(C)C)ccc2B4c2cc4c(cc2O3)Oc2cc(N(c3cccc(C(C)(C)C)c3)c3cccc(C(C)(C)C)c3)cc3c2B4c2ccc(C(C)(C)C)cc2N3c2cccc(C(C)(C)C)c2)c1. The van der Waals surface area contributed by atoms with E-state index in [4.69, 9.17) is 9.47 Å². The standard InChI is InChI=1S/C98H108B2N4O2/c1-91(2,3)61-31-25-37-69(47-61)101(70-38-26-32-62(48-70)92(4,5)6)75-55-83-89-87(57-75)105-85-60-86-80(59-79(85)99(89)77-45-43-67(97(19,20)21)53-81(77)103(83)73-41-29-35-65(51-73)95(13,14)15)100-78-46-44-68(98(22,23)24)54-82(78)104(74-42-30-36-66(52-74)96(16,17)18)84-56-76(58-88(106-86)90(84)100)102(71-39-27-33-63(49-71)93(7,8)9)72-40-28-34-64(50-72)94(10,11)12/h25-60H,1-24H3. The summed E-state index contributed by atoms with van der Waals surface area (Å²) in [5.41, 5.74) is 29.1. The van der Waals surface area contributed by atoms with E-state index >= 15 is 0 Å². The monoisotopic (exact) mass is 1390 g/mol. The number of anilines is 12. The zero-order valence-electron chi connectivity index (χ0n) is 67.5. The van der Waals surface area contributed by atoms with Crippen LogP contribution in [-0.2, 0) is 43.3 Å². The van der Waals surface area contributed by atoms with Gasteiger partial charge in [-0.1, -0.05) is 269 Å². The second-order valence-corrected chi connectivity index (χ2v) is 38.9. The number of fused-ring (bicyclic) bond motifs is 8. The molecule has 0 unspecified atom stereocenters. The largest absolute Gasteiger partial charge is 0.458 e. The van der Waals surface area contributed by atoms with Gasteiger partial charge < -0.3 is 29.1 Å². The third kappa shape index (κ3) is 12.9. The van der Waals surface area contributed by atoms with Crippen molar-refractivity contribution in [3.05, 3.63) is 263 Å². The number of benzene rings is 11. The second-order valence-electron chi connectivity index (χ2n) is 38.9. The first kappa shape index (κ1) is 71.9. The Balaban J connectivity index is 1.03. The molecule has 0 saturated heterocycles. The highest BCUT2D eigenvalue weighted by Gasteiger charge is 2.48. The van der Waals surface area contributed by atoms with Crippen LogP contribution in [0.2, 0.25) is 0 Å². The van der Waals surface area contributed by atoms with E-state index in [0.717, 1.165) is 113 Å². The highest BCUT2D eigenvalue weighted by Crippen LogP contribution is 2.52. The van der Waals surface area contributed by atoms with Gasteiger partial charge in [-0.2, -0.15) is 0 Å². The molecule has 0 radical (unpaired) electrons. The lowest BCUT2D eigenvalue weighted by Gasteiger charge is -2.43. The molecule has 0 atom stereocenters. The topological polar surface area (TPSA) is 31.4 Å². The van der Waals surface area contributed by atoms with E-state index < -0.39 is 0 Å². The van der Waals surface area contributed by atoms with Gasteiger partial charge in [0.05, 0.1) is 11.4 Å². The fraction of sp³-hybridized carbons (Fsp3) is 0.327. The average molecular weight is 1400 g/mol. The van der Waals surface area contributed by atoms with Crippen molar-refractivity contribution in [2.24, 2.45) is 0 Å². The molecule has 0 saturated carbocycles. The summed E-state index contributed by atoms with van der Waals surface area (Å²) in [5.74, 6) is 3.19. The van der Waals surface area contributed by atoms with E-state index in [1.54, 1.807) is 0 Å². The molecule has 106 heavy (non-hydrogen) atoms. The van der Waals surface area contributed by atoms with E-state index in [1.807, 2.05) is 0 Å². The van der Waals surface area contributed by atoms with E-state index in [-0.39, 0.29) is 56.7 Å². The van der Waals surface area contributed by atoms with Gasteiger partial charge in [-0.05, 0) is 218 Å². The van der Waals surface area contributed by atoms with E-state index in [1.165, 1.54) is 55.4 Å². The summed E-state index contributed by atoms with van der Waals surface area (Å²) in [7, 11) is 0. The van der Waals surface area contributed by atoms with Crippen molar-refractivity contribution >= 4 is 114 Å². The van der Waals surface area contributed by atoms with E-state index in [2.05, 4.69) is 404 Å². The molecule has 4 aliphatic rings. The maximum absolute atomic E-state index is 7.90. The van der Waals surface area contributed by atoms with Gasteiger partial charge in [0.25, 0.3) is 13.4 Å². The molecule has 0 aliphatic carbocycles. The minimum atomic E-state index is -0.242. The third-order valence-corrected chi connectivity index (χ3v) is 22.7. The summed E-state index contributed by atoms with van der Waals surface area (Å²) < 4.78 is 15.8. The molecule has 4 aliphatic heterocycles. The first-order valence-electron chi connectivity index (χ1n) is 38.6. The number of ether oxygens (including phenoxy) is 2. The van der Waals surface area contributed by atoms with Gasteiger partial charge in [-0.3, -0.25) is 0 Å². The van der Waals surface area contributed by atoms with Crippen LogP contribution in [0.25, 0.3) is 0 Å². The first-order valence-corrected chi connectivity index (χ1v) is 38.6. The molecule has 11 aromatic carbocycles. The first-order chi connectivity index (χ1) is 49.6. The van der Waals surface area contributed by atoms with Crippen molar-refractivity contribution in [1.29, 1.82) is 0 Å². The Labute approximate surface area is 635 Å². The van der Waals surface area contributed by atoms with Crippen molar-refractivity contribution in [3.8, 4) is 23.0 Å². The van der Waals surface area contributed by atoms with Crippen LogP contribution < -0.4 is 61.9 Å². The fourth-order valence-corrected chi connectivity index (χ4v) is 16.3. The van der Waals surface area contributed by atoms with Gasteiger partial charge in [0, 0.05) is 75.1 Å². The summed E-state index contributed by atoms with van der Waals surface area (Å²) in [6.07, 6.45) is 0. The maximum atomic E-state index is 7.90. The minimum Gasteiger partial charge on any atom is -0.458 e. The number of hydrogen-bond donors (Lipinski definition) is 0. The Hall–Kier alpha value is -9.65. The maximum Gasteiger partial charge on any atom is 0.256 e. The lowest BCUT2D eigenvalue weighted by Crippen LogP contribution is -2.63. The molecule has 15 rings (SSSR count). The molecule has 0 aromatic heterocycles. The predicted molar refractivity (Wildman–Crippen MR) is 457 cm³/mol. The van der Waals surface area contributed by atoms with Crippen molar-refractivity contribution < 1.29 is 9.47 Å². The van der Waals surface area contributed by atoms with Gasteiger partial charge in [-0.25, -0.2) is 0 Å². The van der Waals surface area contributed by atoms with Gasteiger partial charge in [0.15, 0.2) is 0 Å². The molecule has 11 aromatic rings. The van der Waals surface area contributed by atoms with E-state index in [0.29, 0.717) is 0 Å². The van der Waals surface area contributed by atoms with E-state index in [9.17, 15) is 0 Å². The molecule has 6 nitrogen and oxygen atoms in total. The lowest BCUT2D eigenvalue weighted by molar-refractivity contribution is 0.466. The summed E-state index contributed by atoms with van der Waals surface area (Å²) in [6.45, 7) is 55.2. The smallest absolute Gasteiger partial charge is 0.256 e. The van der Waals surface area contributed by atoms with Crippen LogP contribution in [0, 0.1) is 0 Å². The normalized spacial score (nSPS) is 14.1. The Morgan fingerprint density at radius 1 is 0.226 bits per heavy atom. The zero-order valence-corrected chi connectivity index (χ0v) is 67.5. The Morgan fingerprint density at radius 2 is 0.500 bits per heavy atom. The molecular weight excluding hydrogens is 1290 g/mol. The quantitative estimate of drug-likeness (QED) is 0.141. The highest BCUT2D eigenvalue weighted by molar-refractivity contribution is 7.02. The van der Waals surface area contributed by atoms with Gasteiger partial charge in [0.2, 0.25) is 0 Å². The van der Waals surface area contributed by atoms with Crippen LogP contribution in [0.3, 0.4) is 0 Å². The number of nitrogens with zero attached hydrogens (tertiary/aromatic N) is 4. The van der Waals surface area contributed by atoms with Gasteiger partial charge in [-0.15, -0.1) is 0 Å². The Morgan fingerprint density at radius 3 is 0.792 bits per heavy atom. The summed E-state index contributed by atoms with van der Waals surface area (Å²) in [6, 6.07) is 84.3. The van der Waals surface area contributed by atoms with Crippen LogP contribution in [0.5, 0.6) is 23.0 Å². The minimum absolute atomic E-state index is 0.104. The molecule has 4 heterocycles. The van der Waals surface area contributed by atoms with Crippen LogP contribution in [-0.4, -0.2) is 13.4 Å². The van der Waals surface area contributed by atoms with Gasteiger partial charge >= 0.3 is 0 Å². The van der Waals surface area contributed by atoms with Crippen molar-refractivity contribution in [3.63, 3.8) is 0 Å². The molecule has 0 spiro atoms. The second kappa shape index (κ2) is 25.0. The zero-order chi connectivity index (χ0) is 75.7. The average Bonchev–Trinajstić information content (AvgIpc) is 0.679. The molecule has 0 bridgehead atoms. The lowest BCUT2D eigenvalue weighted by atomic mass is 9.31. The van der Waals surface area contributed by atoms with Crippen molar-refractivity contribution in [1.82, 2.24) is 0 Å². The molecule has 8 heteroatoms. The predicted octanol–water partition coefficient (Wildman–Crippen LogP) is 23.8. The highest BCUT2D eigenvalue weighted by atomic mass is 16.5. The van der Waals surface area contributed by atoms with Crippen LogP contribution in [0.4, 0.5) is 68.2 Å². The summed E-state index contributed by atoms with van der Waals surface area (Å²) in [4.78, 5) is 10.1. The van der Waals surface area contributed by atoms with Gasteiger partial charge in [0.1, 0.15) is 23.0 Å². The molecule has 538 valence electrons. The number of rotatable bonds is 8. The van der Waals surface area contributed by atoms with Crippen molar-refractivity contribution in [2.45, 2.75) is 209 Å². The number of hydrogen-bond acceptors (Lipinski definition) is 6. The molecule has 0 amide bonds. The molecule has 0 N–H and O–H groups in total. The van der Waals surface area contributed by atoms with Crippen LogP contribution >= 0.6 is 0 Å². The van der Waals surface area contributed by atoms with Crippen molar-refractivity contribution in [2.75, 3.05) is 19.6 Å². The fourth-order valence-electron chi connectivity index (χ4n) is 16.3. The summed E-state index contributed by atoms with van der Waals surface area (Å²) >= 11 is 0. The third-order valence-electron chi connectivity index (χ3n) is 22.7. The Bertz CT molecular complexity index is 4890. The summed E-state index contributed by atoms with van der Waals surface area (Å²) in [5, 5.41) is 0. The molecule has 0 fully saturated rings. The molecular formula is C98H108B2N4O2. The van der Waals surface area contributed by atoms with Crippen LogP contribution in [0.1, 0.15) is 211 Å². The Kier molecular flexibility index (Phi) is 16.9. The van der Waals surface area contributed by atoms with Crippen LogP contribution in [0.15, 0.2) is 218 Å².